The summed E-state index contributed by atoms with van der Waals surface area (Å²) >= 11 is 11.8. The van der Waals surface area contributed by atoms with E-state index in [0.717, 1.165) is 6.20 Å². The van der Waals surface area contributed by atoms with E-state index < -0.39 is 35.9 Å². The molecule has 1 aliphatic rings. The fraction of sp³-hybridized carbons (Fsp3) is 0.529. The highest BCUT2D eigenvalue weighted by atomic mass is 35.5. The third-order valence-electron chi connectivity index (χ3n) is 4.52. The molecule has 11 nitrogen and oxygen atoms in total. The number of nitrogens with zero attached hydrogens (tertiary/aromatic N) is 7. The van der Waals surface area contributed by atoms with E-state index >= 15 is 0 Å². The van der Waals surface area contributed by atoms with Crippen LogP contribution >= 0.6 is 23.2 Å². The molecule has 0 spiro atoms. The van der Waals surface area contributed by atoms with Gasteiger partial charge in [-0.2, -0.15) is 10.1 Å². The van der Waals surface area contributed by atoms with Crippen LogP contribution in [0.4, 0.5) is 5.69 Å². The van der Waals surface area contributed by atoms with E-state index in [2.05, 4.69) is 20.2 Å². The van der Waals surface area contributed by atoms with Crippen molar-refractivity contribution in [3.63, 3.8) is 0 Å². The molecule has 1 saturated heterocycles. The van der Waals surface area contributed by atoms with E-state index in [1.54, 1.807) is 0 Å². The molecule has 1 aliphatic heterocycles. The van der Waals surface area contributed by atoms with Crippen LogP contribution in [-0.2, 0) is 11.2 Å². The highest BCUT2D eigenvalue weighted by Crippen LogP contribution is 2.34. The van der Waals surface area contributed by atoms with Crippen molar-refractivity contribution in [2.24, 2.45) is 0 Å². The second kappa shape index (κ2) is 8.70. The molecule has 13 heteroatoms. The Balaban J connectivity index is 1.75. The predicted octanol–water partition coefficient (Wildman–Crippen LogP) is 3.37. The van der Waals surface area contributed by atoms with Crippen molar-refractivity contribution in [1.29, 1.82) is 0 Å². The van der Waals surface area contributed by atoms with Crippen molar-refractivity contribution in [3.05, 3.63) is 32.4 Å². The van der Waals surface area contributed by atoms with Gasteiger partial charge in [0.25, 0.3) is 0 Å². The first kappa shape index (κ1) is 14.5. The molecule has 4 rings (SSSR count). The Morgan fingerprint density at radius 2 is 2.17 bits per heavy atom. The number of hydrogen-bond donors (Lipinski definition) is 0. The molecule has 30 heavy (non-hydrogen) atoms. The molecule has 3 aromatic rings. The van der Waals surface area contributed by atoms with Gasteiger partial charge in [-0.1, -0.05) is 11.6 Å². The van der Waals surface area contributed by atoms with E-state index in [0.29, 0.717) is 30.7 Å². The van der Waals surface area contributed by atoms with Gasteiger partial charge in [-0.05, 0) is 31.4 Å². The molecule has 0 amide bonds. The zero-order chi connectivity index (χ0) is 26.6. The van der Waals surface area contributed by atoms with Crippen molar-refractivity contribution in [2.45, 2.75) is 38.7 Å². The smallest absolute Gasteiger partial charge is 0.352 e. The lowest BCUT2D eigenvalue weighted by atomic mass is 10.1. The minimum absolute atomic E-state index is 0.0451. The zero-order valence-corrected chi connectivity index (χ0v) is 17.0. The molecule has 0 bridgehead atoms. The van der Waals surface area contributed by atoms with Crippen molar-refractivity contribution in [3.8, 4) is 5.88 Å². The number of hydrogen-bond acceptors (Lipinski definition) is 8. The fourth-order valence-corrected chi connectivity index (χ4v) is 3.46. The third-order valence-corrected chi connectivity index (χ3v) is 4.98. The summed E-state index contributed by atoms with van der Waals surface area (Å²) in [7, 11) is 0. The average Bonchev–Trinajstić information content (AvgIpc) is 3.30. The maximum absolute atomic E-state index is 11.8. The normalized spacial score (nSPS) is 19.4. The molecule has 0 aliphatic carbocycles. The summed E-state index contributed by atoms with van der Waals surface area (Å²) in [6.07, 6.45) is -1.35. The van der Waals surface area contributed by atoms with Crippen LogP contribution in [-0.4, -0.2) is 54.2 Å². The standard InChI is InChI=1S/C17H19Cl2N7O4/c1-10-13(26(27)28)16(23-25(10)11-3-7-29-8-4-11)30-6-2-5-24-15-12(14(18)22-24)9-20-17(19)21-15/h9,11H,2-8H2,1H3/i2D2,5D2,6D2. The molecular weight excluding hydrogens is 437 g/mol. The summed E-state index contributed by atoms with van der Waals surface area (Å²) in [5.41, 5.74) is -0.874. The molecule has 0 aromatic carbocycles. The minimum Gasteiger partial charge on any atom is -0.472 e. The number of aryl methyl sites for hydroxylation is 1. The Bertz CT molecular complexity index is 1330. The second-order valence-corrected chi connectivity index (χ2v) is 7.00. The molecule has 4 heterocycles. The molecule has 0 unspecified atom stereocenters. The van der Waals surface area contributed by atoms with Crippen LogP contribution in [0.15, 0.2) is 6.20 Å². The Labute approximate surface area is 189 Å². The molecule has 0 radical (unpaired) electrons. The predicted molar refractivity (Wildman–Crippen MR) is 108 cm³/mol. The zero-order valence-electron chi connectivity index (χ0n) is 21.5. The van der Waals surface area contributed by atoms with Gasteiger partial charge in [0.2, 0.25) is 5.28 Å². The van der Waals surface area contributed by atoms with Crippen LogP contribution in [0.1, 0.15) is 39.2 Å². The first-order valence-electron chi connectivity index (χ1n) is 11.8. The number of fused-ring (bicyclic) bond motifs is 1. The number of halogens is 2. The van der Waals surface area contributed by atoms with Crippen LogP contribution in [0, 0.1) is 17.0 Å². The number of rotatable bonds is 7. The average molecular weight is 462 g/mol. The highest BCUT2D eigenvalue weighted by molar-refractivity contribution is 6.34. The molecule has 3 aromatic heterocycles. The quantitative estimate of drug-likeness (QED) is 0.298. The van der Waals surface area contributed by atoms with Crippen LogP contribution in [0.2, 0.25) is 10.4 Å². The summed E-state index contributed by atoms with van der Waals surface area (Å²) in [6, 6.07) is -0.272. The molecule has 1 fully saturated rings. The van der Waals surface area contributed by atoms with Crippen molar-refractivity contribution in [2.75, 3.05) is 19.8 Å². The van der Waals surface area contributed by atoms with Gasteiger partial charge in [0, 0.05) is 35.0 Å². The second-order valence-electron chi connectivity index (χ2n) is 6.30. The Hall–Kier alpha value is -2.50. The van der Waals surface area contributed by atoms with Gasteiger partial charge in [0.1, 0.15) is 5.69 Å². The first-order chi connectivity index (χ1) is 16.7. The monoisotopic (exact) mass is 461 g/mol. The summed E-state index contributed by atoms with van der Waals surface area (Å²) in [5, 5.41) is 19.1. The van der Waals surface area contributed by atoms with Gasteiger partial charge in [-0.3, -0.25) is 14.8 Å². The molecular formula is C17H19Cl2N7O4. The largest absolute Gasteiger partial charge is 0.472 e. The Kier molecular flexibility index (Phi) is 4.20. The maximum Gasteiger partial charge on any atom is 0.352 e. The van der Waals surface area contributed by atoms with E-state index in [4.69, 9.17) is 40.9 Å². The van der Waals surface area contributed by atoms with Crippen molar-refractivity contribution >= 4 is 39.9 Å². The first-order valence-corrected chi connectivity index (χ1v) is 9.52. The molecule has 0 atom stereocenters. The van der Waals surface area contributed by atoms with E-state index in [1.807, 2.05) is 0 Å². The van der Waals surface area contributed by atoms with Crippen LogP contribution in [0.25, 0.3) is 11.0 Å². The molecule has 0 saturated carbocycles. The van der Waals surface area contributed by atoms with E-state index in [1.165, 1.54) is 11.6 Å². The number of nitro groups is 1. The van der Waals surface area contributed by atoms with Crippen molar-refractivity contribution in [1.82, 2.24) is 29.5 Å². The Morgan fingerprint density at radius 3 is 2.90 bits per heavy atom. The van der Waals surface area contributed by atoms with Crippen LogP contribution < -0.4 is 4.74 Å². The van der Waals surface area contributed by atoms with Gasteiger partial charge >= 0.3 is 11.6 Å². The van der Waals surface area contributed by atoms with E-state index in [9.17, 15) is 10.1 Å². The highest BCUT2D eigenvalue weighted by Gasteiger charge is 2.30. The lowest BCUT2D eigenvalue weighted by Gasteiger charge is -2.22. The van der Waals surface area contributed by atoms with Gasteiger partial charge in [0.05, 0.1) is 28.4 Å². The van der Waals surface area contributed by atoms with E-state index in [-0.39, 0.29) is 33.2 Å². The van der Waals surface area contributed by atoms with Crippen LogP contribution in [0.3, 0.4) is 0 Å². The topological polar surface area (TPSA) is 123 Å². The summed E-state index contributed by atoms with van der Waals surface area (Å²) in [4.78, 5) is 18.5. The van der Waals surface area contributed by atoms with Gasteiger partial charge in [-0.15, -0.1) is 5.10 Å². The lowest BCUT2D eigenvalue weighted by Crippen LogP contribution is -2.21. The third kappa shape index (κ3) is 4.05. The molecule has 0 N–H and O–H groups in total. The fourth-order valence-electron chi connectivity index (χ4n) is 3.12. The van der Waals surface area contributed by atoms with Crippen LogP contribution in [0.5, 0.6) is 5.88 Å². The van der Waals surface area contributed by atoms with Crippen molar-refractivity contribution < 1.29 is 22.6 Å². The summed E-state index contributed by atoms with van der Waals surface area (Å²) < 4.78 is 62.4. The van der Waals surface area contributed by atoms with Gasteiger partial charge in [-0.25, -0.2) is 9.67 Å². The maximum atomic E-state index is 11.8. The van der Waals surface area contributed by atoms with Gasteiger partial charge < -0.3 is 9.47 Å². The summed E-state index contributed by atoms with van der Waals surface area (Å²) in [5.74, 6) is -0.789. The number of aromatic nitrogens is 6. The van der Waals surface area contributed by atoms with Gasteiger partial charge in [0.15, 0.2) is 10.8 Å². The molecule has 160 valence electrons. The Morgan fingerprint density at radius 1 is 1.40 bits per heavy atom. The lowest BCUT2D eigenvalue weighted by molar-refractivity contribution is -0.386. The SMILES string of the molecule is [2H]C([2H])(Oc1nn(C2CCOCC2)c(C)c1[N+](=O)[O-])C([2H])([2H])C([2H])([2H])n1nc(Cl)c2cnc(Cl)nc21. The summed E-state index contributed by atoms with van der Waals surface area (Å²) in [6.45, 7) is -4.55. The number of ether oxygens (including phenoxy) is 2. The minimum atomic E-state index is -3.52.